The van der Waals surface area contributed by atoms with Gasteiger partial charge in [0.2, 0.25) is 0 Å². The summed E-state index contributed by atoms with van der Waals surface area (Å²) < 4.78 is 14.0. The fraction of sp³-hybridized carbons (Fsp3) is 0.231. The summed E-state index contributed by atoms with van der Waals surface area (Å²) >= 11 is 3.37. The Morgan fingerprint density at radius 2 is 2.16 bits per heavy atom. The Morgan fingerprint density at radius 1 is 1.37 bits per heavy atom. The summed E-state index contributed by atoms with van der Waals surface area (Å²) in [6.45, 7) is 1.05. The van der Waals surface area contributed by atoms with Crippen LogP contribution in [0.1, 0.15) is 0 Å². The van der Waals surface area contributed by atoms with E-state index in [2.05, 4.69) is 20.9 Å². The van der Waals surface area contributed by atoms with Crippen molar-refractivity contribution in [2.75, 3.05) is 6.61 Å². The zero-order valence-corrected chi connectivity index (χ0v) is 11.5. The van der Waals surface area contributed by atoms with Gasteiger partial charge in [-0.1, -0.05) is 15.9 Å². The molecule has 0 N–H and O–H groups in total. The van der Waals surface area contributed by atoms with E-state index in [1.54, 1.807) is 10.8 Å². The molecule has 0 aliphatic carbocycles. The van der Waals surface area contributed by atoms with Crippen molar-refractivity contribution in [1.29, 1.82) is 0 Å². The Hall–Kier alpha value is -1.82. The van der Waals surface area contributed by atoms with Gasteiger partial charge in [-0.2, -0.15) is 4.98 Å². The molecule has 0 fully saturated rings. The molecule has 3 rings (SSSR count). The van der Waals surface area contributed by atoms with Gasteiger partial charge in [-0.25, -0.2) is 0 Å². The Kier molecular flexibility index (Phi) is 3.25. The molecule has 1 atom stereocenters. The van der Waals surface area contributed by atoms with Gasteiger partial charge in [0, 0.05) is 16.7 Å². The first-order valence-electron chi connectivity index (χ1n) is 5.83. The van der Waals surface area contributed by atoms with Crippen molar-refractivity contribution in [2.24, 2.45) is 0 Å². The Balaban J connectivity index is 1.61. The summed E-state index contributed by atoms with van der Waals surface area (Å²) in [4.78, 5) is 14.9. The first-order chi connectivity index (χ1) is 9.20. The van der Waals surface area contributed by atoms with Crippen LogP contribution in [0.25, 0.3) is 0 Å². The van der Waals surface area contributed by atoms with Crippen molar-refractivity contribution >= 4 is 15.9 Å². The molecule has 2 heterocycles. The average Bonchev–Trinajstić information content (AvgIpc) is 2.80. The number of aromatic nitrogens is 2. The summed E-state index contributed by atoms with van der Waals surface area (Å²) in [6, 6.07) is 9.38. The number of fused-ring (bicyclic) bond motifs is 1. The minimum Gasteiger partial charge on any atom is -0.490 e. The van der Waals surface area contributed by atoms with Crippen molar-refractivity contribution in [1.82, 2.24) is 9.55 Å². The molecule has 1 aliphatic heterocycles. The second kappa shape index (κ2) is 5.05. The highest BCUT2D eigenvalue weighted by atomic mass is 79.9. The lowest BCUT2D eigenvalue weighted by atomic mass is 10.3. The predicted molar refractivity (Wildman–Crippen MR) is 72.6 cm³/mol. The van der Waals surface area contributed by atoms with E-state index < -0.39 is 0 Å². The highest BCUT2D eigenvalue weighted by Gasteiger charge is 2.23. The summed E-state index contributed by atoms with van der Waals surface area (Å²) in [7, 11) is 0. The van der Waals surface area contributed by atoms with Gasteiger partial charge in [-0.05, 0) is 24.3 Å². The zero-order chi connectivity index (χ0) is 13.2. The highest BCUT2D eigenvalue weighted by Crippen LogP contribution is 2.19. The van der Waals surface area contributed by atoms with Gasteiger partial charge in [-0.15, -0.1) is 0 Å². The SMILES string of the molecule is O=c1ccn2c(n1)O[C@@H](COc1ccc(Br)cc1)C2. The zero-order valence-electron chi connectivity index (χ0n) is 9.95. The van der Waals surface area contributed by atoms with Crippen LogP contribution in [-0.4, -0.2) is 22.3 Å². The number of rotatable bonds is 3. The molecule has 2 aromatic rings. The van der Waals surface area contributed by atoms with E-state index >= 15 is 0 Å². The highest BCUT2D eigenvalue weighted by molar-refractivity contribution is 9.10. The van der Waals surface area contributed by atoms with Crippen LogP contribution in [-0.2, 0) is 6.54 Å². The van der Waals surface area contributed by atoms with Crippen molar-refractivity contribution in [3.05, 3.63) is 51.4 Å². The third-order valence-corrected chi connectivity index (χ3v) is 3.30. The summed E-state index contributed by atoms with van der Waals surface area (Å²) in [6.07, 6.45) is 1.56. The molecule has 0 amide bonds. The maximum absolute atomic E-state index is 11.1. The minimum absolute atomic E-state index is 0.127. The van der Waals surface area contributed by atoms with Crippen LogP contribution in [0.5, 0.6) is 11.8 Å². The fourth-order valence-electron chi connectivity index (χ4n) is 1.86. The molecular weight excluding hydrogens is 312 g/mol. The molecule has 98 valence electrons. The quantitative estimate of drug-likeness (QED) is 0.865. The number of hydrogen-bond acceptors (Lipinski definition) is 4. The summed E-state index contributed by atoms with van der Waals surface area (Å²) in [5, 5.41) is 0. The number of benzene rings is 1. The van der Waals surface area contributed by atoms with Gasteiger partial charge in [0.05, 0.1) is 6.54 Å². The lowest BCUT2D eigenvalue weighted by Gasteiger charge is -2.10. The van der Waals surface area contributed by atoms with Crippen molar-refractivity contribution < 1.29 is 9.47 Å². The van der Waals surface area contributed by atoms with E-state index in [0.29, 0.717) is 19.2 Å². The smallest absolute Gasteiger partial charge is 0.300 e. The third-order valence-electron chi connectivity index (χ3n) is 2.77. The van der Waals surface area contributed by atoms with Crippen molar-refractivity contribution in [3.8, 4) is 11.8 Å². The summed E-state index contributed by atoms with van der Waals surface area (Å²) in [5.74, 6) is 0.783. The van der Waals surface area contributed by atoms with E-state index in [4.69, 9.17) is 9.47 Å². The van der Waals surface area contributed by atoms with Crippen LogP contribution in [0, 0.1) is 0 Å². The molecule has 1 aliphatic rings. The average molecular weight is 323 g/mol. The van der Waals surface area contributed by atoms with E-state index in [1.807, 2.05) is 24.3 Å². The molecule has 0 unspecified atom stereocenters. The molecule has 0 spiro atoms. The van der Waals surface area contributed by atoms with Crippen molar-refractivity contribution in [2.45, 2.75) is 12.6 Å². The van der Waals surface area contributed by atoms with Crippen LogP contribution in [0.3, 0.4) is 0 Å². The Labute approximate surface area is 117 Å². The monoisotopic (exact) mass is 322 g/mol. The third kappa shape index (κ3) is 2.78. The molecule has 0 radical (unpaired) electrons. The van der Waals surface area contributed by atoms with E-state index in [-0.39, 0.29) is 11.7 Å². The molecule has 0 bridgehead atoms. The molecule has 5 nitrogen and oxygen atoms in total. The van der Waals surface area contributed by atoms with Crippen LogP contribution >= 0.6 is 15.9 Å². The Morgan fingerprint density at radius 3 is 2.95 bits per heavy atom. The van der Waals surface area contributed by atoms with Gasteiger partial charge >= 0.3 is 0 Å². The van der Waals surface area contributed by atoms with Gasteiger partial charge in [0.1, 0.15) is 12.4 Å². The maximum Gasteiger partial charge on any atom is 0.300 e. The molecule has 1 aromatic heterocycles. The standard InChI is InChI=1S/C13H11BrN2O3/c14-9-1-3-10(4-2-9)18-8-11-7-16-6-5-12(17)15-13(16)19-11/h1-6,11H,7-8H2/t11-/m1/s1. The normalized spacial score (nSPS) is 16.8. The summed E-state index contributed by atoms with van der Waals surface area (Å²) in [5.41, 5.74) is -0.291. The van der Waals surface area contributed by atoms with Crippen LogP contribution in [0.4, 0.5) is 0 Å². The first-order valence-corrected chi connectivity index (χ1v) is 6.62. The second-order valence-corrected chi connectivity index (χ2v) is 5.12. The van der Waals surface area contributed by atoms with Crippen LogP contribution in [0.15, 0.2) is 45.8 Å². The molecule has 0 saturated carbocycles. The lowest BCUT2D eigenvalue weighted by Crippen LogP contribution is -2.23. The molecule has 19 heavy (non-hydrogen) atoms. The number of halogens is 1. The lowest BCUT2D eigenvalue weighted by molar-refractivity contribution is 0.143. The van der Waals surface area contributed by atoms with E-state index in [9.17, 15) is 4.79 Å². The van der Waals surface area contributed by atoms with E-state index in [1.165, 1.54) is 6.07 Å². The first kappa shape index (κ1) is 12.2. The molecule has 1 aromatic carbocycles. The molecule has 6 heteroatoms. The van der Waals surface area contributed by atoms with Gasteiger partial charge in [0.15, 0.2) is 6.10 Å². The minimum atomic E-state index is -0.291. The number of ether oxygens (including phenoxy) is 2. The van der Waals surface area contributed by atoms with E-state index in [0.717, 1.165) is 10.2 Å². The largest absolute Gasteiger partial charge is 0.490 e. The van der Waals surface area contributed by atoms with Gasteiger partial charge in [0.25, 0.3) is 11.6 Å². The van der Waals surface area contributed by atoms with Gasteiger partial charge < -0.3 is 9.47 Å². The number of hydrogen-bond donors (Lipinski definition) is 0. The predicted octanol–water partition coefficient (Wildman–Crippen LogP) is 1.85. The molecular formula is C13H11BrN2O3. The topological polar surface area (TPSA) is 53.4 Å². The Bertz CT molecular complexity index is 639. The maximum atomic E-state index is 11.1. The fourth-order valence-corrected chi connectivity index (χ4v) is 2.12. The van der Waals surface area contributed by atoms with Crippen molar-refractivity contribution in [3.63, 3.8) is 0 Å². The van der Waals surface area contributed by atoms with Crippen LogP contribution in [0.2, 0.25) is 0 Å². The number of nitrogens with zero attached hydrogens (tertiary/aromatic N) is 2. The second-order valence-electron chi connectivity index (χ2n) is 4.21. The van der Waals surface area contributed by atoms with Gasteiger partial charge in [-0.3, -0.25) is 9.36 Å². The van der Waals surface area contributed by atoms with Crippen LogP contribution < -0.4 is 15.0 Å². The molecule has 0 saturated heterocycles.